The van der Waals surface area contributed by atoms with Gasteiger partial charge >= 0.3 is 6.09 Å². The summed E-state index contributed by atoms with van der Waals surface area (Å²) in [6.45, 7) is 1.17. The number of hydrogen-bond acceptors (Lipinski definition) is 7. The summed E-state index contributed by atoms with van der Waals surface area (Å²) >= 11 is 0. The number of nitrogens with two attached hydrogens (primary N) is 1. The minimum absolute atomic E-state index is 0.0152. The lowest BCUT2D eigenvalue weighted by Crippen LogP contribution is -2.49. The lowest BCUT2D eigenvalue weighted by Gasteiger charge is -2.35. The number of hydrogen-bond donors (Lipinski definition) is 2. The van der Waals surface area contributed by atoms with E-state index in [0.29, 0.717) is 25.1 Å². The molecule has 2 aromatic heterocycles. The van der Waals surface area contributed by atoms with Gasteiger partial charge in [0, 0.05) is 49.6 Å². The highest BCUT2D eigenvalue weighted by Gasteiger charge is 2.39. The standard InChI is InChI=1S/C24H21F2N5O3/c25-14-2-1-3-15(26)22(14)17-5-4-16(27)23(29-17)20(32)10-13-11-28-8-6-19(13)31-9-7-21-18(12-31)30-24(33)34-21/h1-6,8,11,18,21H,7,9-10,12,27H2,(H,30,33)/t18-,21+/m1/s1. The lowest BCUT2D eigenvalue weighted by molar-refractivity contribution is 0.0988. The number of halogens is 2. The first kappa shape index (κ1) is 21.7. The molecule has 0 spiro atoms. The summed E-state index contributed by atoms with van der Waals surface area (Å²) in [6.07, 6.45) is 3.24. The number of ketones is 1. The molecule has 34 heavy (non-hydrogen) atoms. The number of anilines is 2. The van der Waals surface area contributed by atoms with Crippen LogP contribution in [0.25, 0.3) is 11.3 Å². The number of nitrogen functional groups attached to an aromatic ring is 1. The van der Waals surface area contributed by atoms with Crippen molar-refractivity contribution in [3.05, 3.63) is 71.7 Å². The number of fused-ring (bicyclic) bond motifs is 1. The summed E-state index contributed by atoms with van der Waals surface area (Å²) in [4.78, 5) is 35.2. The molecule has 2 aliphatic rings. The van der Waals surface area contributed by atoms with Gasteiger partial charge in [-0.2, -0.15) is 0 Å². The van der Waals surface area contributed by atoms with E-state index in [9.17, 15) is 18.4 Å². The average molecular weight is 465 g/mol. The highest BCUT2D eigenvalue weighted by molar-refractivity contribution is 6.01. The number of nitrogens with one attached hydrogen (secondary N) is 1. The average Bonchev–Trinajstić information content (AvgIpc) is 3.19. The van der Waals surface area contributed by atoms with E-state index in [0.717, 1.165) is 17.8 Å². The van der Waals surface area contributed by atoms with Gasteiger partial charge in [0.2, 0.25) is 0 Å². The number of aromatic nitrogens is 2. The summed E-state index contributed by atoms with van der Waals surface area (Å²) in [5.74, 6) is -1.97. The van der Waals surface area contributed by atoms with Crippen molar-refractivity contribution in [2.24, 2.45) is 0 Å². The van der Waals surface area contributed by atoms with Crippen LogP contribution >= 0.6 is 0 Å². The van der Waals surface area contributed by atoms with Crippen LogP contribution in [0.15, 0.2) is 48.8 Å². The topological polar surface area (TPSA) is 110 Å². The van der Waals surface area contributed by atoms with E-state index in [2.05, 4.69) is 20.2 Å². The van der Waals surface area contributed by atoms with Gasteiger partial charge in [0.1, 0.15) is 23.4 Å². The lowest BCUT2D eigenvalue weighted by atomic mass is 9.99. The van der Waals surface area contributed by atoms with Crippen molar-refractivity contribution >= 4 is 23.3 Å². The predicted molar refractivity (Wildman–Crippen MR) is 120 cm³/mol. The number of Topliss-reactive ketones (excluding diaryl/α,β-unsaturated/α-hetero) is 1. The Hall–Kier alpha value is -4.08. The Labute approximate surface area is 193 Å². The van der Waals surface area contributed by atoms with Gasteiger partial charge in [-0.1, -0.05) is 6.07 Å². The molecule has 2 aliphatic heterocycles. The van der Waals surface area contributed by atoms with Gasteiger partial charge in [0.05, 0.1) is 23.0 Å². The van der Waals surface area contributed by atoms with Gasteiger partial charge in [-0.25, -0.2) is 18.6 Å². The third kappa shape index (κ3) is 4.02. The van der Waals surface area contributed by atoms with Crippen LogP contribution in [0.5, 0.6) is 0 Å². The van der Waals surface area contributed by atoms with Crippen LogP contribution in [0.4, 0.5) is 25.0 Å². The molecule has 0 bridgehead atoms. The highest BCUT2D eigenvalue weighted by Crippen LogP contribution is 2.29. The Morgan fingerprint density at radius 3 is 2.79 bits per heavy atom. The molecule has 2 saturated heterocycles. The second-order valence-electron chi connectivity index (χ2n) is 8.26. The summed E-state index contributed by atoms with van der Waals surface area (Å²) < 4.78 is 33.8. The zero-order valence-corrected chi connectivity index (χ0v) is 18.0. The van der Waals surface area contributed by atoms with Crippen molar-refractivity contribution in [3.63, 3.8) is 0 Å². The maximum Gasteiger partial charge on any atom is 0.407 e. The van der Waals surface area contributed by atoms with Gasteiger partial charge in [-0.05, 0) is 30.3 Å². The van der Waals surface area contributed by atoms with Gasteiger partial charge in [-0.15, -0.1) is 0 Å². The molecule has 0 unspecified atom stereocenters. The molecule has 3 aromatic rings. The maximum atomic E-state index is 14.2. The Kier molecular flexibility index (Phi) is 5.56. The summed E-state index contributed by atoms with van der Waals surface area (Å²) in [6, 6.07) is 7.98. The van der Waals surface area contributed by atoms with Crippen molar-refractivity contribution in [1.82, 2.24) is 15.3 Å². The fourth-order valence-electron chi connectivity index (χ4n) is 4.45. The van der Waals surface area contributed by atoms with Crippen LogP contribution in [0.2, 0.25) is 0 Å². The maximum absolute atomic E-state index is 14.2. The molecule has 0 radical (unpaired) electrons. The molecule has 8 nitrogen and oxygen atoms in total. The van der Waals surface area contributed by atoms with Gasteiger partial charge in [-0.3, -0.25) is 9.78 Å². The Morgan fingerprint density at radius 1 is 1.21 bits per heavy atom. The van der Waals surface area contributed by atoms with Gasteiger partial charge < -0.3 is 20.7 Å². The van der Waals surface area contributed by atoms with E-state index in [1.807, 2.05) is 6.07 Å². The number of ether oxygens (including phenoxy) is 1. The number of carbonyl (C=O) groups is 2. The number of benzene rings is 1. The van der Waals surface area contributed by atoms with Gasteiger partial charge in [0.25, 0.3) is 0 Å². The monoisotopic (exact) mass is 465 g/mol. The zero-order chi connectivity index (χ0) is 23.8. The molecule has 2 atom stereocenters. The molecule has 3 N–H and O–H groups in total. The molecule has 10 heteroatoms. The quantitative estimate of drug-likeness (QED) is 0.557. The molecule has 174 valence electrons. The van der Waals surface area contributed by atoms with Crippen LogP contribution in [0.1, 0.15) is 22.5 Å². The molecule has 1 amide bonds. The molecule has 5 rings (SSSR count). The number of piperidine rings is 1. The summed E-state index contributed by atoms with van der Waals surface area (Å²) in [7, 11) is 0. The van der Waals surface area contributed by atoms with Crippen LogP contribution in [-0.4, -0.2) is 47.1 Å². The Morgan fingerprint density at radius 2 is 2.00 bits per heavy atom. The number of nitrogens with zero attached hydrogens (tertiary/aromatic N) is 3. The van der Waals surface area contributed by atoms with Crippen molar-refractivity contribution in [2.75, 3.05) is 23.7 Å². The fraction of sp³-hybridized carbons (Fsp3) is 0.250. The third-order valence-electron chi connectivity index (χ3n) is 6.09. The largest absolute Gasteiger partial charge is 0.444 e. The Balaban J connectivity index is 1.41. The number of alkyl carbamates (subject to hydrolysis) is 1. The molecule has 1 aromatic carbocycles. The SMILES string of the molecule is Nc1ccc(-c2c(F)cccc2F)nc1C(=O)Cc1cnccc1N1CC[C@@H]2OC(=O)N[C@@H]2C1. The molecule has 0 aliphatic carbocycles. The number of pyridine rings is 2. The van der Waals surface area contributed by atoms with E-state index in [1.54, 1.807) is 12.4 Å². The summed E-state index contributed by atoms with van der Waals surface area (Å²) in [5.41, 5.74) is 7.17. The van der Waals surface area contributed by atoms with Crippen LogP contribution in [0.3, 0.4) is 0 Å². The van der Waals surface area contributed by atoms with Crippen LogP contribution < -0.4 is 16.0 Å². The van der Waals surface area contributed by atoms with E-state index in [1.165, 1.54) is 18.2 Å². The second kappa shape index (κ2) is 8.69. The number of rotatable bonds is 5. The number of carbonyl (C=O) groups excluding carboxylic acids is 2. The third-order valence-corrected chi connectivity index (χ3v) is 6.09. The van der Waals surface area contributed by atoms with Crippen molar-refractivity contribution < 1.29 is 23.1 Å². The fourth-order valence-corrected chi connectivity index (χ4v) is 4.45. The first-order valence-corrected chi connectivity index (χ1v) is 10.8. The van der Waals surface area contributed by atoms with Crippen molar-refractivity contribution in [2.45, 2.75) is 25.0 Å². The molecular weight excluding hydrogens is 444 g/mol. The molecule has 2 fully saturated rings. The van der Waals surface area contributed by atoms with Crippen molar-refractivity contribution in [3.8, 4) is 11.3 Å². The van der Waals surface area contributed by atoms with Crippen molar-refractivity contribution in [1.29, 1.82) is 0 Å². The molecular formula is C24H21F2N5O3. The van der Waals surface area contributed by atoms with Crippen LogP contribution in [-0.2, 0) is 11.2 Å². The van der Waals surface area contributed by atoms with E-state index in [-0.39, 0.29) is 41.2 Å². The first-order chi connectivity index (χ1) is 16.4. The Bertz CT molecular complexity index is 1260. The van der Waals surface area contributed by atoms with E-state index in [4.69, 9.17) is 10.5 Å². The van der Waals surface area contributed by atoms with Crippen LogP contribution in [0, 0.1) is 11.6 Å². The van der Waals surface area contributed by atoms with E-state index < -0.39 is 23.5 Å². The van der Waals surface area contributed by atoms with Gasteiger partial charge in [0.15, 0.2) is 5.78 Å². The minimum atomic E-state index is -0.781. The smallest absolute Gasteiger partial charge is 0.407 e. The summed E-state index contributed by atoms with van der Waals surface area (Å²) in [5, 5.41) is 2.81. The van der Waals surface area contributed by atoms with E-state index >= 15 is 0 Å². The zero-order valence-electron chi connectivity index (χ0n) is 18.0. The second-order valence-corrected chi connectivity index (χ2v) is 8.26. The minimum Gasteiger partial charge on any atom is -0.444 e. The normalized spacial score (nSPS) is 19.4. The molecule has 4 heterocycles. The highest BCUT2D eigenvalue weighted by atomic mass is 19.1. The molecule has 0 saturated carbocycles. The first-order valence-electron chi connectivity index (χ1n) is 10.8. The number of amides is 1. The predicted octanol–water partition coefficient (Wildman–Crippen LogP) is 3.12.